The van der Waals surface area contributed by atoms with Crippen LogP contribution in [-0.4, -0.2) is 0 Å². The largest absolute Gasteiger partial charge is 1.00 e. The third kappa shape index (κ3) is 3010. The molecule has 0 aromatic heterocycles. The summed E-state index contributed by atoms with van der Waals surface area (Å²) < 4.78 is 0. The van der Waals surface area contributed by atoms with Crippen LogP contribution in [0.4, 0.5) is 0 Å². The van der Waals surface area contributed by atoms with Gasteiger partial charge in [-0.05, 0) is 0 Å². The van der Waals surface area contributed by atoms with Gasteiger partial charge in [0.2, 0.25) is 0 Å². The number of hydrogen-bond donors (Lipinski definition) is 0. The molecule has 0 saturated carbocycles. The minimum absolute atomic E-state index is 0. The van der Waals surface area contributed by atoms with E-state index in [0.717, 1.165) is 0 Å². The molecule has 0 aromatic carbocycles. The molecule has 0 bridgehead atoms. The Labute approximate surface area is 239 Å². The van der Waals surface area contributed by atoms with Gasteiger partial charge in [0.25, 0.3) is 0 Å². The predicted octanol–water partition coefficient (Wildman–Crippen LogP) is 13.3. The van der Waals surface area contributed by atoms with Crippen molar-refractivity contribution in [3.8, 4) is 0 Å². The molecular formula is C23H82Cu2Pm. The molecule has 0 aliphatic carbocycles. The van der Waals surface area contributed by atoms with Crippen LogP contribution >= 0.6 is 0 Å². The number of rotatable bonds is 0. The van der Waals surface area contributed by atoms with Gasteiger partial charge < -0.3 is 14.9 Å². The molecule has 26 heavy (non-hydrogen) atoms. The second-order valence-corrected chi connectivity index (χ2v) is 0. The fraction of sp³-hybridized carbons (Fsp3) is 0.913. The van der Waals surface area contributed by atoms with Crippen molar-refractivity contribution in [2.45, 2.75) is 152 Å². The van der Waals surface area contributed by atoms with Gasteiger partial charge in [0.05, 0.1) is 0 Å². The first-order chi connectivity index (χ1) is 4.00. The minimum Gasteiger partial charge on any atom is -0.358 e. The molecule has 0 amide bonds. The third-order valence-corrected chi connectivity index (χ3v) is 0. The van der Waals surface area contributed by atoms with Crippen molar-refractivity contribution in [2.75, 3.05) is 0 Å². The van der Waals surface area contributed by atoms with Crippen LogP contribution in [0.5, 0.6) is 0 Å². The molecule has 0 N–H and O–H groups in total. The first kappa shape index (κ1) is 523. The van der Waals surface area contributed by atoms with E-state index in [-0.39, 0.29) is 186 Å². The van der Waals surface area contributed by atoms with Crippen LogP contribution in [0.15, 0.2) is 0 Å². The van der Waals surface area contributed by atoms with Crippen LogP contribution in [0.25, 0.3) is 0 Å². The summed E-state index contributed by atoms with van der Waals surface area (Å²) in [5.41, 5.74) is 0. The molecule has 0 fully saturated rings. The van der Waals surface area contributed by atoms with Crippen LogP contribution in [0.1, 0.15) is 152 Å². The summed E-state index contributed by atoms with van der Waals surface area (Å²) in [7, 11) is 0. The summed E-state index contributed by atoms with van der Waals surface area (Å²) in [6.07, 6.45) is 0. The van der Waals surface area contributed by atoms with Gasteiger partial charge in [-0.15, -0.1) is 0 Å². The summed E-state index contributed by atoms with van der Waals surface area (Å²) in [4.78, 5) is 0. The van der Waals surface area contributed by atoms with E-state index in [1.807, 2.05) is 55.4 Å². The second-order valence-electron chi connectivity index (χ2n) is 0. The van der Waals surface area contributed by atoms with E-state index in [0.29, 0.717) is 0 Å². The Kier molecular flexibility index (Phi) is 67800. The van der Waals surface area contributed by atoms with Crippen LogP contribution in [0, 0.1) is 55.2 Å². The zero-order chi connectivity index (χ0) is 8.00. The van der Waals surface area contributed by atoms with Gasteiger partial charge in [0, 0.05) is 40.4 Å². The van der Waals surface area contributed by atoms with Gasteiger partial charge in [-0.3, -0.25) is 0 Å². The molecule has 0 heterocycles. The Morgan fingerprint density at radius 2 is 0.231 bits per heavy atom. The van der Waals surface area contributed by atoms with Crippen molar-refractivity contribution in [1.29, 1.82) is 0 Å². The van der Waals surface area contributed by atoms with Crippen LogP contribution in [0.3, 0.4) is 0 Å². The summed E-state index contributed by atoms with van der Waals surface area (Å²) in [5, 5.41) is 0. The zero-order valence-corrected chi connectivity index (χ0v) is 15.8. The molecule has 0 saturated heterocycles. The average Bonchev–Trinajstić information content (AvgIpc) is 2.03. The molecule has 0 atom stereocenters. The Hall–Kier alpha value is 2.38. The fourth-order valence-corrected chi connectivity index (χ4v) is 0. The minimum atomic E-state index is 0. The Bertz CT molecular complexity index is 16.2. The van der Waals surface area contributed by atoms with Gasteiger partial charge in [-0.25, -0.2) is 0 Å². The molecule has 0 aromatic rings. The van der Waals surface area contributed by atoms with Crippen molar-refractivity contribution >= 4 is 0 Å². The molecule has 0 rings (SSSR count). The van der Waals surface area contributed by atoms with E-state index in [1.54, 1.807) is 0 Å². The Balaban J connectivity index is -0.000000000333. The monoisotopic (exact) mass is 629 g/mol. The smallest absolute Gasteiger partial charge is 0.358 e. The zero-order valence-electron chi connectivity index (χ0n) is 11.1. The van der Waals surface area contributed by atoms with Crippen molar-refractivity contribution in [3.05, 3.63) is 14.9 Å². The van der Waals surface area contributed by atoms with E-state index in [4.69, 9.17) is 0 Å². The van der Waals surface area contributed by atoms with Crippen LogP contribution in [-0.2, 0) is 34.1 Å². The maximum atomic E-state index is 2.00. The average molecular weight is 631 g/mol. The Morgan fingerprint density at radius 1 is 0.231 bits per heavy atom. The van der Waals surface area contributed by atoms with Gasteiger partial charge in [0.15, 0.2) is 0 Å². The standard InChI is InChI=1S/4C2H6.13CH4.2CH3.2Cu.Pm/c4*1-2;;;;;;;;;;;;;;;;;;/h4*1-2H3;13*1H4;2*1H3;;;/q;;;;;;;;;;;;;;;;;2*-1;2*+1;. The molecule has 0 spiro atoms. The third-order valence-electron chi connectivity index (χ3n) is 0. The van der Waals surface area contributed by atoms with Crippen molar-refractivity contribution in [2.24, 2.45) is 0 Å². The topological polar surface area (TPSA) is 0 Å². The van der Waals surface area contributed by atoms with Crippen LogP contribution in [0.2, 0.25) is 0 Å². The van der Waals surface area contributed by atoms with E-state index < -0.39 is 0 Å². The molecule has 0 aliphatic rings. The van der Waals surface area contributed by atoms with Gasteiger partial charge >= 0.3 is 34.1 Å². The van der Waals surface area contributed by atoms with E-state index in [1.165, 1.54) is 0 Å². The summed E-state index contributed by atoms with van der Waals surface area (Å²) in [6, 6.07) is 0. The quantitative estimate of drug-likeness (QED) is 0.184. The van der Waals surface area contributed by atoms with Crippen molar-refractivity contribution in [1.82, 2.24) is 0 Å². The molecule has 1 radical (unpaired) electrons. The maximum Gasteiger partial charge on any atom is 1.00 e. The van der Waals surface area contributed by atoms with Crippen molar-refractivity contribution < 1.29 is 74.5 Å². The van der Waals surface area contributed by atoms with Gasteiger partial charge in [-0.1, -0.05) is 152 Å². The molecule has 0 nitrogen and oxygen atoms in total. The van der Waals surface area contributed by atoms with E-state index in [9.17, 15) is 0 Å². The molecule has 201 valence electrons. The summed E-state index contributed by atoms with van der Waals surface area (Å²) in [5.74, 6) is 0. The van der Waals surface area contributed by atoms with E-state index in [2.05, 4.69) is 0 Å². The normalized spacial score (nSPS) is 0.923. The molecular weight excluding hydrogens is 548 g/mol. The Morgan fingerprint density at radius 3 is 0.231 bits per heavy atom. The molecule has 3 heteroatoms. The summed E-state index contributed by atoms with van der Waals surface area (Å²) in [6.45, 7) is 16.0. The second kappa shape index (κ2) is 3370. The molecule has 0 unspecified atom stereocenters. The van der Waals surface area contributed by atoms with Crippen molar-refractivity contribution in [3.63, 3.8) is 0 Å². The molecule has 0 aliphatic heterocycles. The maximum absolute atomic E-state index is 2.00. The van der Waals surface area contributed by atoms with E-state index >= 15 is 0 Å². The first-order valence-electron chi connectivity index (χ1n) is 4.00. The number of hydrogen-bond acceptors (Lipinski definition) is 0. The van der Waals surface area contributed by atoms with Gasteiger partial charge in [-0.2, -0.15) is 0 Å². The van der Waals surface area contributed by atoms with Crippen LogP contribution < -0.4 is 0 Å². The first-order valence-corrected chi connectivity index (χ1v) is 4.00. The van der Waals surface area contributed by atoms with Gasteiger partial charge in [0.1, 0.15) is 0 Å². The fourth-order valence-electron chi connectivity index (χ4n) is 0. The predicted molar refractivity (Wildman–Crippen MR) is 146 cm³/mol. The summed E-state index contributed by atoms with van der Waals surface area (Å²) >= 11 is 0. The SMILES string of the molecule is C.C.C.C.C.C.C.C.C.C.C.C.C.CC.CC.CC.CC.[CH3-].[CH3-].[Cu+].[Cu+].[Pm].